The van der Waals surface area contributed by atoms with Gasteiger partial charge in [0.2, 0.25) is 0 Å². The second-order valence-corrected chi connectivity index (χ2v) is 18.1. The molecule has 0 heterocycles. The molecular weight excluding hydrogens is 749 g/mol. The Morgan fingerprint density at radius 2 is 0.597 bits per heavy atom. The molecule has 10 aromatic carbocycles. The second kappa shape index (κ2) is 13.5. The van der Waals surface area contributed by atoms with Gasteiger partial charge in [0, 0.05) is 44.4 Å². The summed E-state index contributed by atoms with van der Waals surface area (Å²) in [5.41, 5.74) is 17.4. The lowest BCUT2D eigenvalue weighted by Gasteiger charge is -2.31. The Labute approximate surface area is 364 Å². The number of rotatable bonds is 6. The maximum Gasteiger partial charge on any atom is 0.0546 e. The molecule has 0 fully saturated rings. The van der Waals surface area contributed by atoms with Crippen molar-refractivity contribution < 1.29 is 0 Å². The number of benzene rings is 10. The number of hydrogen-bond donors (Lipinski definition) is 0. The maximum absolute atomic E-state index is 2.48. The van der Waals surface area contributed by atoms with Crippen LogP contribution < -0.4 is 9.80 Å². The van der Waals surface area contributed by atoms with Gasteiger partial charge in [-0.1, -0.05) is 173 Å². The summed E-state index contributed by atoms with van der Waals surface area (Å²) in [6.45, 7) is 9.46. The van der Waals surface area contributed by atoms with Crippen molar-refractivity contribution in [3.05, 3.63) is 229 Å². The molecule has 12 rings (SSSR count). The van der Waals surface area contributed by atoms with Crippen LogP contribution in [0.4, 0.5) is 34.1 Å². The summed E-state index contributed by atoms with van der Waals surface area (Å²) in [5.74, 6) is 0. The summed E-state index contributed by atoms with van der Waals surface area (Å²) >= 11 is 0. The van der Waals surface area contributed by atoms with Crippen LogP contribution in [-0.2, 0) is 10.8 Å². The molecular formula is C60H46N2. The number of fused-ring (bicyclic) bond motifs is 11. The van der Waals surface area contributed by atoms with E-state index in [0.717, 1.165) is 34.1 Å². The summed E-state index contributed by atoms with van der Waals surface area (Å²) in [6.07, 6.45) is 0. The van der Waals surface area contributed by atoms with Crippen LogP contribution in [0.15, 0.2) is 206 Å². The van der Waals surface area contributed by atoms with Gasteiger partial charge in [-0.15, -0.1) is 0 Å². The Hall–Kier alpha value is -7.42. The van der Waals surface area contributed by atoms with Crippen molar-refractivity contribution in [2.45, 2.75) is 38.5 Å². The van der Waals surface area contributed by atoms with Crippen molar-refractivity contribution in [2.75, 3.05) is 9.80 Å². The first kappa shape index (κ1) is 36.4. The number of hydrogen-bond acceptors (Lipinski definition) is 2. The van der Waals surface area contributed by atoms with Crippen LogP contribution >= 0.6 is 0 Å². The zero-order chi connectivity index (χ0) is 41.7. The van der Waals surface area contributed by atoms with Gasteiger partial charge in [-0.05, 0) is 127 Å². The molecule has 0 spiro atoms. The second-order valence-electron chi connectivity index (χ2n) is 18.1. The van der Waals surface area contributed by atoms with E-state index in [1.165, 1.54) is 76.8 Å². The fourth-order valence-corrected chi connectivity index (χ4v) is 11.0. The first-order chi connectivity index (χ1) is 30.3. The molecule has 0 radical (unpaired) electrons. The fraction of sp³-hybridized carbons (Fsp3) is 0.100. The zero-order valence-electron chi connectivity index (χ0n) is 35.5. The first-order valence-corrected chi connectivity index (χ1v) is 21.9. The van der Waals surface area contributed by atoms with Gasteiger partial charge in [-0.2, -0.15) is 0 Å². The van der Waals surface area contributed by atoms with Gasteiger partial charge in [0.15, 0.2) is 0 Å². The Bertz CT molecular complexity index is 3190. The van der Waals surface area contributed by atoms with Gasteiger partial charge in [-0.3, -0.25) is 0 Å². The molecule has 296 valence electrons. The maximum atomic E-state index is 2.48. The minimum Gasteiger partial charge on any atom is -0.310 e. The molecule has 0 aromatic heterocycles. The van der Waals surface area contributed by atoms with Crippen molar-refractivity contribution >= 4 is 66.4 Å². The average molecular weight is 795 g/mol. The van der Waals surface area contributed by atoms with Gasteiger partial charge in [-0.25, -0.2) is 0 Å². The smallest absolute Gasteiger partial charge is 0.0546 e. The van der Waals surface area contributed by atoms with Crippen molar-refractivity contribution in [1.29, 1.82) is 0 Å². The predicted molar refractivity (Wildman–Crippen MR) is 263 cm³/mol. The van der Waals surface area contributed by atoms with Gasteiger partial charge in [0.25, 0.3) is 0 Å². The van der Waals surface area contributed by atoms with Crippen LogP contribution in [-0.4, -0.2) is 0 Å². The molecule has 2 aliphatic rings. The molecule has 0 amide bonds. The highest BCUT2D eigenvalue weighted by Gasteiger charge is 2.37. The van der Waals surface area contributed by atoms with E-state index in [-0.39, 0.29) is 10.8 Å². The summed E-state index contributed by atoms with van der Waals surface area (Å²) in [6, 6.07) is 76.7. The molecule has 62 heavy (non-hydrogen) atoms. The standard InChI is InChI=1S/C60H46N2/c1-59(2)53-29-17-15-25-45(53)47-33-31-41(35-55(47)59)61(39-19-7-5-8-20-39)57-37-51-44-24-12-14-28-50(44)58(38-52(51)43-23-11-13-27-49(43)57)62(40-21-9-6-10-22-40)42-32-34-48-46-26-16-18-30-54(46)60(3,4)56(48)36-42/h5-38H,1-4H3. The molecule has 2 heteroatoms. The average Bonchev–Trinajstić information content (AvgIpc) is 3.69. The molecule has 0 aliphatic heterocycles. The summed E-state index contributed by atoms with van der Waals surface area (Å²) in [5, 5.41) is 7.31. The monoisotopic (exact) mass is 794 g/mol. The number of nitrogens with zero attached hydrogens (tertiary/aromatic N) is 2. The summed E-state index contributed by atoms with van der Waals surface area (Å²) < 4.78 is 0. The lowest BCUT2D eigenvalue weighted by molar-refractivity contribution is 0.660. The van der Waals surface area contributed by atoms with Crippen LogP contribution in [0.3, 0.4) is 0 Å². The van der Waals surface area contributed by atoms with E-state index in [9.17, 15) is 0 Å². The minimum atomic E-state index is -0.120. The lowest BCUT2D eigenvalue weighted by Crippen LogP contribution is -2.17. The highest BCUT2D eigenvalue weighted by molar-refractivity contribution is 6.24. The molecule has 0 unspecified atom stereocenters. The summed E-state index contributed by atoms with van der Waals surface area (Å²) in [4.78, 5) is 4.95. The third kappa shape index (κ3) is 5.29. The highest BCUT2D eigenvalue weighted by Crippen LogP contribution is 2.54. The van der Waals surface area contributed by atoms with E-state index in [1.54, 1.807) is 0 Å². The summed E-state index contributed by atoms with van der Waals surface area (Å²) in [7, 11) is 0. The molecule has 2 aliphatic carbocycles. The van der Waals surface area contributed by atoms with Crippen LogP contribution in [0.25, 0.3) is 54.6 Å². The van der Waals surface area contributed by atoms with E-state index in [1.807, 2.05) is 0 Å². The van der Waals surface area contributed by atoms with Gasteiger partial charge in [0.05, 0.1) is 11.4 Å². The molecule has 0 atom stereocenters. The SMILES string of the molecule is CC1(C)c2ccccc2-c2ccc(N(c3ccccc3)c3cc4c5ccccc5c(N(c5ccccc5)c5ccc6c(c5)C(C)(C)c5ccccc5-6)cc4c4ccccc34)cc21. The van der Waals surface area contributed by atoms with Crippen LogP contribution in [0.5, 0.6) is 0 Å². The first-order valence-electron chi connectivity index (χ1n) is 21.9. The highest BCUT2D eigenvalue weighted by atomic mass is 15.2. The van der Waals surface area contributed by atoms with E-state index < -0.39 is 0 Å². The van der Waals surface area contributed by atoms with Crippen molar-refractivity contribution in [1.82, 2.24) is 0 Å². The van der Waals surface area contributed by atoms with E-state index >= 15 is 0 Å². The number of anilines is 6. The molecule has 2 nitrogen and oxygen atoms in total. The van der Waals surface area contributed by atoms with Crippen molar-refractivity contribution in [2.24, 2.45) is 0 Å². The Balaban J connectivity index is 1.10. The van der Waals surface area contributed by atoms with Crippen LogP contribution in [0.1, 0.15) is 49.9 Å². The fourth-order valence-electron chi connectivity index (χ4n) is 11.0. The third-order valence-electron chi connectivity index (χ3n) is 14.0. The van der Waals surface area contributed by atoms with Crippen molar-refractivity contribution in [3.63, 3.8) is 0 Å². The van der Waals surface area contributed by atoms with Crippen LogP contribution in [0.2, 0.25) is 0 Å². The van der Waals surface area contributed by atoms with Gasteiger partial charge in [0.1, 0.15) is 0 Å². The lowest BCUT2D eigenvalue weighted by atomic mass is 9.82. The third-order valence-corrected chi connectivity index (χ3v) is 14.0. The molecule has 10 aromatic rings. The predicted octanol–water partition coefficient (Wildman–Crippen LogP) is 16.7. The van der Waals surface area contributed by atoms with Crippen molar-refractivity contribution in [3.8, 4) is 22.3 Å². The Morgan fingerprint density at radius 1 is 0.258 bits per heavy atom. The Kier molecular flexibility index (Phi) is 7.96. The van der Waals surface area contributed by atoms with Crippen LogP contribution in [0, 0.1) is 0 Å². The number of para-hydroxylation sites is 2. The molecule has 0 saturated heterocycles. The normalized spacial score (nSPS) is 14.1. The quantitative estimate of drug-likeness (QED) is 0.155. The molecule has 0 N–H and O–H groups in total. The van der Waals surface area contributed by atoms with Gasteiger partial charge < -0.3 is 9.80 Å². The topological polar surface area (TPSA) is 6.48 Å². The minimum absolute atomic E-state index is 0.120. The van der Waals surface area contributed by atoms with Gasteiger partial charge >= 0.3 is 0 Å². The van der Waals surface area contributed by atoms with E-state index in [2.05, 4.69) is 244 Å². The Morgan fingerprint density at radius 3 is 1.02 bits per heavy atom. The van der Waals surface area contributed by atoms with E-state index in [0.29, 0.717) is 0 Å². The largest absolute Gasteiger partial charge is 0.310 e. The zero-order valence-corrected chi connectivity index (χ0v) is 35.5. The van der Waals surface area contributed by atoms with E-state index in [4.69, 9.17) is 0 Å². The molecule has 0 saturated carbocycles. The molecule has 0 bridgehead atoms.